The summed E-state index contributed by atoms with van der Waals surface area (Å²) >= 11 is 0. The van der Waals surface area contributed by atoms with E-state index in [2.05, 4.69) is 5.32 Å². The summed E-state index contributed by atoms with van der Waals surface area (Å²) in [6.07, 6.45) is 5.45. The number of sulfonamides is 1. The number of aryl methyl sites for hydroxylation is 2. The molecule has 1 fully saturated rings. The first-order chi connectivity index (χ1) is 20.1. The first-order valence-corrected chi connectivity index (χ1v) is 16.0. The average molecular weight is 594 g/mol. The molecule has 1 atom stereocenters. The average Bonchev–Trinajstić information content (AvgIpc) is 2.98. The summed E-state index contributed by atoms with van der Waals surface area (Å²) in [5.74, 6) is -1.30. The molecule has 42 heavy (non-hydrogen) atoms. The summed E-state index contributed by atoms with van der Waals surface area (Å²) in [6.45, 7) is 5.31. The third-order valence-electron chi connectivity index (χ3n) is 7.94. The maximum Gasteiger partial charge on any atom is 0.264 e. The molecule has 0 saturated heterocycles. The van der Waals surface area contributed by atoms with E-state index in [1.807, 2.05) is 45.0 Å². The molecule has 0 bridgehead atoms. The molecule has 2 amide bonds. The Bertz CT molecular complexity index is 1470. The van der Waals surface area contributed by atoms with Crippen LogP contribution in [0.5, 0.6) is 0 Å². The monoisotopic (exact) mass is 593 g/mol. The van der Waals surface area contributed by atoms with Gasteiger partial charge >= 0.3 is 0 Å². The van der Waals surface area contributed by atoms with Gasteiger partial charge in [0.15, 0.2) is 0 Å². The molecule has 3 aromatic carbocycles. The van der Waals surface area contributed by atoms with Gasteiger partial charge in [-0.3, -0.25) is 13.9 Å². The number of carbonyl (C=O) groups is 2. The van der Waals surface area contributed by atoms with Crippen LogP contribution in [0.15, 0.2) is 77.7 Å². The Hall–Kier alpha value is -3.72. The summed E-state index contributed by atoms with van der Waals surface area (Å²) in [6, 6.07) is 18.3. The van der Waals surface area contributed by atoms with Crippen molar-refractivity contribution in [2.75, 3.05) is 10.8 Å². The number of benzene rings is 3. The number of halogens is 1. The number of amides is 2. The van der Waals surface area contributed by atoms with E-state index in [0.29, 0.717) is 12.1 Å². The first kappa shape index (κ1) is 31.2. The fourth-order valence-corrected chi connectivity index (χ4v) is 6.82. The molecule has 7 nitrogen and oxygen atoms in total. The number of hydrogen-bond donors (Lipinski definition) is 1. The minimum absolute atomic E-state index is 0.0682. The van der Waals surface area contributed by atoms with Gasteiger partial charge in [-0.2, -0.15) is 0 Å². The lowest BCUT2D eigenvalue weighted by Crippen LogP contribution is -2.54. The molecule has 1 N–H and O–H groups in total. The summed E-state index contributed by atoms with van der Waals surface area (Å²) in [5, 5.41) is 3.16. The van der Waals surface area contributed by atoms with Crippen LogP contribution in [0.1, 0.15) is 62.1 Å². The molecule has 0 heterocycles. The van der Waals surface area contributed by atoms with E-state index >= 15 is 0 Å². The lowest BCUT2D eigenvalue weighted by atomic mass is 9.95. The van der Waals surface area contributed by atoms with Crippen LogP contribution in [-0.4, -0.2) is 43.8 Å². The van der Waals surface area contributed by atoms with Gasteiger partial charge in [-0.05, 0) is 80.6 Å². The zero-order chi connectivity index (χ0) is 30.3. The number of carbonyl (C=O) groups excluding carboxylic acids is 2. The maximum absolute atomic E-state index is 14.2. The van der Waals surface area contributed by atoms with Gasteiger partial charge in [0.05, 0.1) is 10.6 Å². The molecule has 0 spiro atoms. The molecule has 0 aliphatic heterocycles. The molecule has 3 aromatic rings. The molecule has 0 unspecified atom stereocenters. The second kappa shape index (κ2) is 14.0. The number of nitrogens with zero attached hydrogens (tertiary/aromatic N) is 2. The Labute approximate surface area is 248 Å². The van der Waals surface area contributed by atoms with E-state index in [0.717, 1.165) is 65.2 Å². The highest BCUT2D eigenvalue weighted by molar-refractivity contribution is 7.92. The van der Waals surface area contributed by atoms with Crippen molar-refractivity contribution < 1.29 is 22.4 Å². The third-order valence-corrected chi connectivity index (χ3v) is 9.73. The maximum atomic E-state index is 14.2. The summed E-state index contributed by atoms with van der Waals surface area (Å²) in [4.78, 5) is 29.2. The van der Waals surface area contributed by atoms with Gasteiger partial charge in [-0.25, -0.2) is 12.8 Å². The van der Waals surface area contributed by atoms with Crippen molar-refractivity contribution >= 4 is 27.5 Å². The van der Waals surface area contributed by atoms with Gasteiger partial charge in [0.25, 0.3) is 10.0 Å². The van der Waals surface area contributed by atoms with E-state index in [9.17, 15) is 22.4 Å². The Morgan fingerprint density at radius 2 is 1.57 bits per heavy atom. The van der Waals surface area contributed by atoms with E-state index in [4.69, 9.17) is 0 Å². The van der Waals surface area contributed by atoms with Crippen molar-refractivity contribution in [1.82, 2.24) is 10.2 Å². The molecule has 1 saturated carbocycles. The smallest absolute Gasteiger partial charge is 0.264 e. The minimum Gasteiger partial charge on any atom is -0.352 e. The molecule has 1 aliphatic carbocycles. The van der Waals surface area contributed by atoms with Crippen LogP contribution in [0.3, 0.4) is 0 Å². The molecular weight excluding hydrogens is 553 g/mol. The minimum atomic E-state index is -4.25. The van der Waals surface area contributed by atoms with Crippen molar-refractivity contribution in [3.8, 4) is 0 Å². The van der Waals surface area contributed by atoms with Crippen molar-refractivity contribution in [3.05, 3.63) is 95.3 Å². The van der Waals surface area contributed by atoms with Crippen molar-refractivity contribution in [2.24, 2.45) is 0 Å². The highest BCUT2D eigenvalue weighted by Crippen LogP contribution is 2.26. The lowest BCUT2D eigenvalue weighted by molar-refractivity contribution is -0.140. The fraction of sp³-hybridized carbons (Fsp3) is 0.394. The van der Waals surface area contributed by atoms with Crippen LogP contribution < -0.4 is 9.62 Å². The topological polar surface area (TPSA) is 86.8 Å². The SMILES string of the molecule is CC[C@H](C(=O)NC1CCCCC1)N(Cc1ccccc1C)C(=O)CN(c1ccc(C)cc1)S(=O)(=O)c1ccc(F)cc1. The second-order valence-corrected chi connectivity index (χ2v) is 12.9. The van der Waals surface area contributed by atoms with E-state index in [-0.39, 0.29) is 23.4 Å². The molecule has 0 radical (unpaired) electrons. The van der Waals surface area contributed by atoms with E-state index in [1.165, 1.54) is 17.0 Å². The molecule has 1 aliphatic rings. The van der Waals surface area contributed by atoms with Gasteiger partial charge < -0.3 is 10.2 Å². The summed E-state index contributed by atoms with van der Waals surface area (Å²) in [7, 11) is -4.25. The van der Waals surface area contributed by atoms with Crippen LogP contribution in [0.4, 0.5) is 10.1 Å². The summed E-state index contributed by atoms with van der Waals surface area (Å²) < 4.78 is 42.5. The lowest BCUT2D eigenvalue weighted by Gasteiger charge is -2.34. The van der Waals surface area contributed by atoms with Crippen LogP contribution in [-0.2, 0) is 26.2 Å². The van der Waals surface area contributed by atoms with Crippen LogP contribution in [0.2, 0.25) is 0 Å². The Balaban J connectivity index is 1.71. The van der Waals surface area contributed by atoms with Crippen LogP contribution in [0.25, 0.3) is 0 Å². The van der Waals surface area contributed by atoms with Gasteiger partial charge in [0.2, 0.25) is 11.8 Å². The molecule has 9 heteroatoms. The van der Waals surface area contributed by atoms with E-state index < -0.39 is 34.3 Å². The predicted molar refractivity (Wildman–Crippen MR) is 163 cm³/mol. The second-order valence-electron chi connectivity index (χ2n) is 11.0. The molecule has 224 valence electrons. The Morgan fingerprint density at radius 1 is 0.929 bits per heavy atom. The number of nitrogens with one attached hydrogen (secondary N) is 1. The third kappa shape index (κ3) is 7.56. The van der Waals surface area contributed by atoms with Crippen molar-refractivity contribution in [2.45, 2.75) is 82.8 Å². The van der Waals surface area contributed by atoms with Crippen LogP contribution >= 0.6 is 0 Å². The molecule has 0 aromatic heterocycles. The molecular formula is C33H40FN3O4S. The first-order valence-electron chi connectivity index (χ1n) is 14.6. The van der Waals surface area contributed by atoms with Crippen molar-refractivity contribution in [3.63, 3.8) is 0 Å². The Morgan fingerprint density at radius 3 is 2.19 bits per heavy atom. The number of anilines is 1. The highest BCUT2D eigenvalue weighted by atomic mass is 32.2. The zero-order valence-electron chi connectivity index (χ0n) is 24.6. The Kier molecular flexibility index (Phi) is 10.4. The predicted octanol–water partition coefficient (Wildman–Crippen LogP) is 5.89. The fourth-order valence-electron chi connectivity index (χ4n) is 5.41. The van der Waals surface area contributed by atoms with Gasteiger partial charge in [0.1, 0.15) is 18.4 Å². The highest BCUT2D eigenvalue weighted by Gasteiger charge is 2.34. The van der Waals surface area contributed by atoms with Gasteiger partial charge in [-0.15, -0.1) is 0 Å². The van der Waals surface area contributed by atoms with Crippen molar-refractivity contribution in [1.29, 1.82) is 0 Å². The van der Waals surface area contributed by atoms with E-state index in [1.54, 1.807) is 24.3 Å². The van der Waals surface area contributed by atoms with Gasteiger partial charge in [0, 0.05) is 12.6 Å². The summed E-state index contributed by atoms with van der Waals surface area (Å²) in [5.41, 5.74) is 3.06. The van der Waals surface area contributed by atoms with Crippen LogP contribution in [0, 0.1) is 19.7 Å². The largest absolute Gasteiger partial charge is 0.352 e. The quantitative estimate of drug-likeness (QED) is 0.300. The normalized spacial score (nSPS) is 14.7. The zero-order valence-corrected chi connectivity index (χ0v) is 25.4. The van der Waals surface area contributed by atoms with Gasteiger partial charge in [-0.1, -0.05) is 68.1 Å². The molecule has 4 rings (SSSR count). The number of hydrogen-bond acceptors (Lipinski definition) is 4. The number of rotatable bonds is 11. The standard InChI is InChI=1S/C33H40FN3O4S/c1-4-31(33(39)35-28-12-6-5-7-13-28)36(22-26-11-9-8-10-25(26)3)32(38)23-37(29-18-14-24(2)15-19-29)42(40,41)30-20-16-27(34)17-21-30/h8-11,14-21,28,31H,4-7,12-13,22-23H2,1-3H3,(H,35,39)/t31-/m1/s1.